The van der Waals surface area contributed by atoms with Gasteiger partial charge in [0.1, 0.15) is 23.6 Å². The molecule has 2 N–H and O–H groups in total. The van der Waals surface area contributed by atoms with Gasteiger partial charge in [-0.15, -0.1) is 0 Å². The minimum Gasteiger partial charge on any atom is -0.457 e. The Hall–Kier alpha value is -4.17. The summed E-state index contributed by atoms with van der Waals surface area (Å²) in [6.07, 6.45) is 3.42. The maximum absolute atomic E-state index is 6.18. The molecule has 0 unspecified atom stereocenters. The molecule has 8 nitrogen and oxygen atoms in total. The minimum absolute atomic E-state index is 0.466. The lowest BCUT2D eigenvalue weighted by molar-refractivity contribution is 0.479. The average molecular weight is 480 g/mol. The molecule has 0 amide bonds. The molecule has 2 aromatic heterocycles. The Kier molecular flexibility index (Phi) is 5.65. The molecule has 6 rings (SSSR count). The summed E-state index contributed by atoms with van der Waals surface area (Å²) in [6, 6.07) is 18.9. The van der Waals surface area contributed by atoms with Crippen LogP contribution in [0.3, 0.4) is 0 Å². The Labute approximate surface area is 210 Å². The van der Waals surface area contributed by atoms with Crippen molar-refractivity contribution in [2.75, 3.05) is 29.9 Å². The Balaban J connectivity index is 1.25. The highest BCUT2D eigenvalue weighted by Gasteiger charge is 2.17. The maximum Gasteiger partial charge on any atom is 0.141 e. The van der Waals surface area contributed by atoms with E-state index in [0.29, 0.717) is 6.04 Å². The summed E-state index contributed by atoms with van der Waals surface area (Å²) in [4.78, 5) is 15.9. The van der Waals surface area contributed by atoms with Crippen molar-refractivity contribution in [1.82, 2.24) is 24.8 Å². The van der Waals surface area contributed by atoms with Crippen LogP contribution < -0.4 is 20.3 Å². The first-order valence-electron chi connectivity index (χ1n) is 12.2. The monoisotopic (exact) mass is 479 g/mol. The number of hydrogen-bond donors (Lipinski definition) is 2. The van der Waals surface area contributed by atoms with Crippen LogP contribution >= 0.6 is 0 Å². The molecule has 1 atom stereocenters. The summed E-state index contributed by atoms with van der Waals surface area (Å²) in [5, 5.41) is 8.00. The topological polar surface area (TPSA) is 80.1 Å². The molecule has 3 aromatic carbocycles. The summed E-state index contributed by atoms with van der Waals surface area (Å²) < 4.78 is 8.18. The van der Waals surface area contributed by atoms with E-state index in [1.54, 1.807) is 6.33 Å². The first-order valence-corrected chi connectivity index (χ1v) is 12.2. The molecule has 182 valence electrons. The predicted molar refractivity (Wildman–Crippen MR) is 144 cm³/mol. The quantitative estimate of drug-likeness (QED) is 0.360. The molecule has 0 aliphatic carbocycles. The Bertz CT molecular complexity index is 1560. The van der Waals surface area contributed by atoms with Crippen LogP contribution in [0.25, 0.3) is 21.9 Å². The van der Waals surface area contributed by atoms with Gasteiger partial charge in [-0.1, -0.05) is 0 Å². The summed E-state index contributed by atoms with van der Waals surface area (Å²) >= 11 is 0. The molecular weight excluding hydrogens is 450 g/mol. The number of anilines is 3. The highest BCUT2D eigenvalue weighted by atomic mass is 16.5. The number of nitrogens with one attached hydrogen (secondary N) is 2. The van der Waals surface area contributed by atoms with E-state index in [4.69, 9.17) is 4.74 Å². The van der Waals surface area contributed by atoms with E-state index in [1.807, 2.05) is 55.2 Å². The number of nitrogens with zero attached hydrogens (tertiary/aromatic N) is 5. The Morgan fingerprint density at radius 1 is 1.00 bits per heavy atom. The lowest BCUT2D eigenvalue weighted by atomic mass is 10.1. The van der Waals surface area contributed by atoms with Gasteiger partial charge in [0.2, 0.25) is 0 Å². The van der Waals surface area contributed by atoms with Gasteiger partial charge in [0.25, 0.3) is 0 Å². The van der Waals surface area contributed by atoms with E-state index in [2.05, 4.69) is 61.7 Å². The van der Waals surface area contributed by atoms with Gasteiger partial charge in [-0.3, -0.25) is 0 Å². The van der Waals surface area contributed by atoms with Crippen LogP contribution in [0.5, 0.6) is 11.5 Å². The van der Waals surface area contributed by atoms with E-state index in [-0.39, 0.29) is 0 Å². The largest absolute Gasteiger partial charge is 0.457 e. The molecule has 0 bridgehead atoms. The number of piperazine rings is 1. The van der Waals surface area contributed by atoms with Crippen LogP contribution in [0.4, 0.5) is 17.2 Å². The number of imidazole rings is 1. The molecule has 0 saturated carbocycles. The third-order valence-corrected chi connectivity index (χ3v) is 6.72. The van der Waals surface area contributed by atoms with Crippen molar-refractivity contribution in [2.24, 2.45) is 7.05 Å². The Morgan fingerprint density at radius 2 is 1.92 bits per heavy atom. The van der Waals surface area contributed by atoms with Crippen LogP contribution in [0.1, 0.15) is 12.5 Å². The third-order valence-electron chi connectivity index (χ3n) is 6.72. The van der Waals surface area contributed by atoms with Crippen LogP contribution in [-0.4, -0.2) is 45.2 Å². The van der Waals surface area contributed by atoms with Gasteiger partial charge in [-0.2, -0.15) is 0 Å². The molecule has 1 aliphatic rings. The van der Waals surface area contributed by atoms with Crippen LogP contribution in [0.2, 0.25) is 0 Å². The average Bonchev–Trinajstić information content (AvgIpc) is 3.25. The number of benzene rings is 3. The van der Waals surface area contributed by atoms with Gasteiger partial charge in [0.15, 0.2) is 0 Å². The van der Waals surface area contributed by atoms with Crippen molar-refractivity contribution in [3.63, 3.8) is 0 Å². The summed E-state index contributed by atoms with van der Waals surface area (Å²) in [5.41, 5.74) is 6.07. The van der Waals surface area contributed by atoms with E-state index >= 15 is 0 Å². The molecule has 1 saturated heterocycles. The molecule has 5 aromatic rings. The smallest absolute Gasteiger partial charge is 0.141 e. The van der Waals surface area contributed by atoms with Gasteiger partial charge in [0.05, 0.1) is 22.9 Å². The van der Waals surface area contributed by atoms with Crippen LogP contribution in [0.15, 0.2) is 67.3 Å². The van der Waals surface area contributed by atoms with Crippen molar-refractivity contribution in [1.29, 1.82) is 0 Å². The van der Waals surface area contributed by atoms with Gasteiger partial charge >= 0.3 is 0 Å². The normalized spacial score (nSPS) is 16.0. The summed E-state index contributed by atoms with van der Waals surface area (Å²) in [7, 11) is 1.99. The molecular formula is C28H29N7O. The van der Waals surface area contributed by atoms with Gasteiger partial charge < -0.3 is 24.8 Å². The minimum atomic E-state index is 0.466. The standard InChI is InChI=1S/C28H29N7O/c1-18-12-20(4-9-27(18)36-22-6-8-26-25(14-22)32-17-34(26)3)33-28-23-13-21(5-7-24(23)30-16-31-28)35-11-10-29-19(2)15-35/h4-9,12-14,16-17,19,29H,10-11,15H2,1-3H3,(H,30,31,33)/t19-/m1/s1. The second-order valence-corrected chi connectivity index (χ2v) is 9.44. The molecule has 1 aliphatic heterocycles. The van der Waals surface area contributed by atoms with E-state index in [0.717, 1.165) is 70.1 Å². The van der Waals surface area contributed by atoms with Gasteiger partial charge in [-0.25, -0.2) is 15.0 Å². The number of fused-ring (bicyclic) bond motifs is 2. The molecule has 8 heteroatoms. The van der Waals surface area contributed by atoms with Gasteiger partial charge in [0, 0.05) is 55.6 Å². The second kappa shape index (κ2) is 9.13. The highest BCUT2D eigenvalue weighted by molar-refractivity contribution is 5.93. The number of aromatic nitrogens is 4. The predicted octanol–water partition coefficient (Wildman–Crippen LogP) is 5.16. The van der Waals surface area contributed by atoms with Crippen LogP contribution in [-0.2, 0) is 7.05 Å². The van der Waals surface area contributed by atoms with E-state index in [9.17, 15) is 0 Å². The SMILES string of the molecule is Cc1cc(Nc2ncnc3ccc(N4CCN[C@H](C)C4)cc23)ccc1Oc1ccc2c(c1)ncn2C. The fourth-order valence-electron chi connectivity index (χ4n) is 4.79. The molecule has 0 radical (unpaired) electrons. The molecule has 0 spiro atoms. The number of hydrogen-bond acceptors (Lipinski definition) is 7. The molecule has 3 heterocycles. The molecule has 1 fully saturated rings. The zero-order valence-corrected chi connectivity index (χ0v) is 20.7. The second-order valence-electron chi connectivity index (χ2n) is 9.44. The zero-order chi connectivity index (χ0) is 24.6. The molecule has 36 heavy (non-hydrogen) atoms. The highest BCUT2D eigenvalue weighted by Crippen LogP contribution is 2.32. The number of rotatable bonds is 5. The third kappa shape index (κ3) is 4.31. The van der Waals surface area contributed by atoms with Crippen LogP contribution in [0, 0.1) is 6.92 Å². The lowest BCUT2D eigenvalue weighted by Crippen LogP contribution is -2.49. The van der Waals surface area contributed by atoms with Gasteiger partial charge in [-0.05, 0) is 67.9 Å². The van der Waals surface area contributed by atoms with Crippen molar-refractivity contribution in [2.45, 2.75) is 19.9 Å². The Morgan fingerprint density at radius 3 is 2.78 bits per heavy atom. The van der Waals surface area contributed by atoms with Crippen molar-refractivity contribution < 1.29 is 4.74 Å². The zero-order valence-electron chi connectivity index (χ0n) is 20.7. The number of ether oxygens (including phenoxy) is 1. The van der Waals surface area contributed by atoms with Crippen molar-refractivity contribution in [3.8, 4) is 11.5 Å². The van der Waals surface area contributed by atoms with E-state index < -0.39 is 0 Å². The van der Waals surface area contributed by atoms with Crippen molar-refractivity contribution >= 4 is 39.1 Å². The summed E-state index contributed by atoms with van der Waals surface area (Å²) in [5.74, 6) is 2.36. The summed E-state index contributed by atoms with van der Waals surface area (Å²) in [6.45, 7) is 7.21. The fourth-order valence-corrected chi connectivity index (χ4v) is 4.79. The lowest BCUT2D eigenvalue weighted by Gasteiger charge is -2.33. The fraction of sp³-hybridized carbons (Fsp3) is 0.250. The number of aryl methyl sites for hydroxylation is 2. The first-order chi connectivity index (χ1) is 17.5. The van der Waals surface area contributed by atoms with E-state index in [1.165, 1.54) is 5.69 Å². The first kappa shape index (κ1) is 22.3. The maximum atomic E-state index is 6.18. The van der Waals surface area contributed by atoms with Crippen molar-refractivity contribution in [3.05, 3.63) is 72.8 Å².